The number of rotatable bonds is 7. The molecule has 8 heteroatoms. The zero-order chi connectivity index (χ0) is 24.1. The van der Waals surface area contributed by atoms with Crippen LogP contribution in [-0.2, 0) is 9.53 Å². The van der Waals surface area contributed by atoms with E-state index in [9.17, 15) is 9.59 Å². The van der Waals surface area contributed by atoms with E-state index >= 15 is 0 Å². The van der Waals surface area contributed by atoms with Gasteiger partial charge in [-0.15, -0.1) is 0 Å². The van der Waals surface area contributed by atoms with Crippen molar-refractivity contribution in [3.8, 4) is 5.75 Å². The molecule has 0 spiro atoms. The third-order valence-corrected chi connectivity index (χ3v) is 6.15. The number of fused-ring (bicyclic) bond motifs is 1. The van der Waals surface area contributed by atoms with Crippen LogP contribution in [0.1, 0.15) is 49.4 Å². The predicted molar refractivity (Wildman–Crippen MR) is 133 cm³/mol. The Balaban J connectivity index is 1.77. The highest BCUT2D eigenvalue weighted by Crippen LogP contribution is 2.32. The van der Waals surface area contributed by atoms with Crippen LogP contribution < -0.4 is 15.2 Å². The quantitative estimate of drug-likeness (QED) is 0.390. The standard InChI is InChI=1S/C26H30N4O4/c1-29(2)20-14-13-19(23(15-20)34-17-24(31)33-3)16-27-30-25(18-9-5-4-6-10-18)28-22-12-8-7-11-21(22)26(30)32/h7-8,11-16,18H,4-6,9-10,17H2,1-3H3. The van der Waals surface area contributed by atoms with Crippen LogP contribution in [0.2, 0.25) is 0 Å². The number of methoxy groups -OCH3 is 1. The van der Waals surface area contributed by atoms with Crippen LogP contribution in [0.3, 0.4) is 0 Å². The predicted octanol–water partition coefficient (Wildman–Crippen LogP) is 3.94. The summed E-state index contributed by atoms with van der Waals surface area (Å²) < 4.78 is 11.9. The lowest BCUT2D eigenvalue weighted by Gasteiger charge is -2.22. The molecule has 0 aliphatic heterocycles. The lowest BCUT2D eigenvalue weighted by Crippen LogP contribution is -2.25. The minimum Gasteiger partial charge on any atom is -0.481 e. The molecule has 0 saturated heterocycles. The van der Waals surface area contributed by atoms with Crippen LogP contribution in [0, 0.1) is 0 Å². The van der Waals surface area contributed by atoms with Gasteiger partial charge >= 0.3 is 5.97 Å². The number of hydrogen-bond donors (Lipinski definition) is 0. The summed E-state index contributed by atoms with van der Waals surface area (Å²) in [6.07, 6.45) is 7.02. The maximum atomic E-state index is 13.4. The summed E-state index contributed by atoms with van der Waals surface area (Å²) in [5.74, 6) is 0.880. The molecule has 1 aliphatic carbocycles. The molecule has 0 N–H and O–H groups in total. The van der Waals surface area contributed by atoms with Crippen molar-refractivity contribution in [3.05, 3.63) is 64.2 Å². The summed E-state index contributed by atoms with van der Waals surface area (Å²) in [4.78, 5) is 31.8. The van der Waals surface area contributed by atoms with Gasteiger partial charge in [0.05, 0.1) is 24.2 Å². The van der Waals surface area contributed by atoms with Gasteiger partial charge in [0.2, 0.25) is 0 Å². The molecule has 34 heavy (non-hydrogen) atoms. The maximum absolute atomic E-state index is 13.4. The van der Waals surface area contributed by atoms with Crippen molar-refractivity contribution in [2.45, 2.75) is 38.0 Å². The number of para-hydroxylation sites is 1. The Kier molecular flexibility index (Phi) is 7.25. The normalized spacial score (nSPS) is 14.4. The minimum absolute atomic E-state index is 0.189. The Labute approximate surface area is 198 Å². The summed E-state index contributed by atoms with van der Waals surface area (Å²) in [7, 11) is 5.16. The van der Waals surface area contributed by atoms with Crippen LogP contribution in [0.15, 0.2) is 52.4 Å². The lowest BCUT2D eigenvalue weighted by molar-refractivity contribution is -0.142. The summed E-state index contributed by atoms with van der Waals surface area (Å²) in [5.41, 5.74) is 2.05. The van der Waals surface area contributed by atoms with Crippen molar-refractivity contribution in [1.29, 1.82) is 0 Å². The van der Waals surface area contributed by atoms with E-state index in [4.69, 9.17) is 14.5 Å². The zero-order valence-corrected chi connectivity index (χ0v) is 19.9. The van der Waals surface area contributed by atoms with E-state index in [1.54, 1.807) is 12.3 Å². The van der Waals surface area contributed by atoms with Crippen LogP contribution in [0.25, 0.3) is 10.9 Å². The van der Waals surface area contributed by atoms with E-state index in [1.807, 2.05) is 55.4 Å². The second kappa shape index (κ2) is 10.5. The molecular formula is C26H30N4O4. The zero-order valence-electron chi connectivity index (χ0n) is 19.9. The first-order valence-electron chi connectivity index (χ1n) is 11.5. The Hall–Kier alpha value is -3.68. The van der Waals surface area contributed by atoms with Crippen molar-refractivity contribution in [2.75, 3.05) is 32.7 Å². The van der Waals surface area contributed by atoms with Gasteiger partial charge in [0, 0.05) is 37.3 Å². The first-order valence-corrected chi connectivity index (χ1v) is 11.5. The van der Waals surface area contributed by atoms with Gasteiger partial charge < -0.3 is 14.4 Å². The van der Waals surface area contributed by atoms with E-state index in [0.29, 0.717) is 28.0 Å². The number of aromatic nitrogens is 2. The van der Waals surface area contributed by atoms with Crippen molar-refractivity contribution in [1.82, 2.24) is 9.66 Å². The molecule has 0 bridgehead atoms. The SMILES string of the molecule is COC(=O)COc1cc(N(C)C)ccc1C=Nn1c(C2CCCCC2)nc2ccccc2c1=O. The molecule has 2 aromatic carbocycles. The smallest absolute Gasteiger partial charge is 0.343 e. The van der Waals surface area contributed by atoms with Gasteiger partial charge in [-0.05, 0) is 37.1 Å². The molecule has 0 unspecified atom stereocenters. The number of benzene rings is 2. The molecule has 3 aromatic rings. The molecule has 1 heterocycles. The van der Waals surface area contributed by atoms with Gasteiger partial charge in [-0.25, -0.2) is 9.78 Å². The van der Waals surface area contributed by atoms with Crippen LogP contribution in [-0.4, -0.2) is 49.7 Å². The molecule has 8 nitrogen and oxygen atoms in total. The van der Waals surface area contributed by atoms with E-state index < -0.39 is 5.97 Å². The van der Waals surface area contributed by atoms with Crippen molar-refractivity contribution < 1.29 is 14.3 Å². The second-order valence-corrected chi connectivity index (χ2v) is 8.66. The van der Waals surface area contributed by atoms with Crippen LogP contribution in [0.5, 0.6) is 5.75 Å². The summed E-state index contributed by atoms with van der Waals surface area (Å²) in [6, 6.07) is 13.0. The third-order valence-electron chi connectivity index (χ3n) is 6.15. The van der Waals surface area contributed by atoms with E-state index in [0.717, 1.165) is 31.4 Å². The van der Waals surface area contributed by atoms with Crippen molar-refractivity contribution >= 4 is 28.8 Å². The average Bonchev–Trinajstić information content (AvgIpc) is 2.87. The van der Waals surface area contributed by atoms with Crippen LogP contribution in [0.4, 0.5) is 5.69 Å². The Morgan fingerprint density at radius 3 is 2.68 bits per heavy atom. The van der Waals surface area contributed by atoms with Gasteiger partial charge in [-0.2, -0.15) is 9.78 Å². The highest BCUT2D eigenvalue weighted by atomic mass is 16.6. The number of nitrogens with zero attached hydrogens (tertiary/aromatic N) is 4. The van der Waals surface area contributed by atoms with E-state index in [1.165, 1.54) is 18.2 Å². The fraction of sp³-hybridized carbons (Fsp3) is 0.385. The Morgan fingerprint density at radius 2 is 1.94 bits per heavy atom. The highest BCUT2D eigenvalue weighted by Gasteiger charge is 2.22. The van der Waals surface area contributed by atoms with Crippen molar-refractivity contribution in [3.63, 3.8) is 0 Å². The summed E-state index contributed by atoms with van der Waals surface area (Å²) in [5, 5.41) is 5.12. The third kappa shape index (κ3) is 5.11. The van der Waals surface area contributed by atoms with Gasteiger partial charge in [0.25, 0.3) is 5.56 Å². The minimum atomic E-state index is -0.479. The van der Waals surface area contributed by atoms with E-state index in [-0.39, 0.29) is 18.1 Å². The number of hydrogen-bond acceptors (Lipinski definition) is 7. The first-order chi connectivity index (χ1) is 16.5. The molecule has 178 valence electrons. The average molecular weight is 463 g/mol. The topological polar surface area (TPSA) is 86.0 Å². The lowest BCUT2D eigenvalue weighted by atomic mass is 9.88. The molecule has 4 rings (SSSR count). The molecule has 1 aromatic heterocycles. The Morgan fingerprint density at radius 1 is 1.18 bits per heavy atom. The number of anilines is 1. The molecule has 0 atom stereocenters. The Bertz CT molecular complexity index is 1260. The monoisotopic (exact) mass is 462 g/mol. The number of esters is 1. The summed E-state index contributed by atoms with van der Waals surface area (Å²) >= 11 is 0. The largest absolute Gasteiger partial charge is 0.481 e. The number of ether oxygens (including phenoxy) is 2. The number of carbonyl (C=O) groups excluding carboxylic acids is 1. The molecule has 0 radical (unpaired) electrons. The fourth-order valence-electron chi connectivity index (χ4n) is 4.23. The molecular weight excluding hydrogens is 432 g/mol. The fourth-order valence-corrected chi connectivity index (χ4v) is 4.23. The highest BCUT2D eigenvalue weighted by molar-refractivity contribution is 5.85. The van der Waals surface area contributed by atoms with Crippen molar-refractivity contribution in [2.24, 2.45) is 5.10 Å². The molecule has 1 fully saturated rings. The van der Waals surface area contributed by atoms with Gasteiger partial charge in [0.15, 0.2) is 6.61 Å². The molecule has 1 saturated carbocycles. The summed E-state index contributed by atoms with van der Waals surface area (Å²) in [6.45, 7) is -0.223. The molecule has 1 aliphatic rings. The van der Waals surface area contributed by atoms with Gasteiger partial charge in [0.1, 0.15) is 11.6 Å². The second-order valence-electron chi connectivity index (χ2n) is 8.66. The first kappa shape index (κ1) is 23.5. The van der Waals surface area contributed by atoms with Gasteiger partial charge in [-0.1, -0.05) is 31.4 Å². The van der Waals surface area contributed by atoms with Gasteiger partial charge in [-0.3, -0.25) is 4.79 Å². The maximum Gasteiger partial charge on any atom is 0.343 e. The van der Waals surface area contributed by atoms with Crippen LogP contribution >= 0.6 is 0 Å². The van der Waals surface area contributed by atoms with E-state index in [2.05, 4.69) is 5.10 Å². The molecule has 0 amide bonds. The number of carbonyl (C=O) groups is 1.